The highest BCUT2D eigenvalue weighted by Crippen LogP contribution is 2.11. The van der Waals surface area contributed by atoms with Gasteiger partial charge < -0.3 is 5.11 Å². The minimum Gasteiger partial charge on any atom is -0.481 e. The van der Waals surface area contributed by atoms with Crippen LogP contribution < -0.4 is 0 Å². The monoisotopic (exact) mass is 246 g/mol. The van der Waals surface area contributed by atoms with Gasteiger partial charge in [-0.05, 0) is 12.2 Å². The van der Waals surface area contributed by atoms with Crippen LogP contribution in [0.3, 0.4) is 0 Å². The van der Waals surface area contributed by atoms with E-state index in [1.165, 1.54) is 51.4 Å². The highest BCUT2D eigenvalue weighted by molar-refractivity contribution is 7.99. The van der Waals surface area contributed by atoms with Gasteiger partial charge >= 0.3 is 5.97 Å². The molecule has 0 bridgehead atoms. The topological polar surface area (TPSA) is 37.3 Å². The summed E-state index contributed by atoms with van der Waals surface area (Å²) in [6.07, 6.45) is 11.1. The van der Waals surface area contributed by atoms with E-state index in [1.54, 1.807) is 11.8 Å². The first-order valence-electron chi connectivity index (χ1n) is 6.57. The van der Waals surface area contributed by atoms with Crippen LogP contribution in [0.5, 0.6) is 0 Å². The maximum atomic E-state index is 10.2. The van der Waals surface area contributed by atoms with Crippen molar-refractivity contribution in [3.05, 3.63) is 0 Å². The third-order valence-electron chi connectivity index (χ3n) is 2.60. The number of thioether (sulfide) groups is 1. The van der Waals surface area contributed by atoms with Gasteiger partial charge in [-0.1, -0.05) is 51.9 Å². The Morgan fingerprint density at radius 1 is 0.938 bits per heavy atom. The lowest BCUT2D eigenvalue weighted by atomic mass is 10.1. The SMILES string of the molecule is CCCCCCCCCCSCCC(=O)O. The van der Waals surface area contributed by atoms with Crippen molar-refractivity contribution >= 4 is 17.7 Å². The molecule has 16 heavy (non-hydrogen) atoms. The molecule has 0 spiro atoms. The van der Waals surface area contributed by atoms with Crippen LogP contribution in [0, 0.1) is 0 Å². The van der Waals surface area contributed by atoms with Gasteiger partial charge in [-0.3, -0.25) is 4.79 Å². The van der Waals surface area contributed by atoms with Crippen molar-refractivity contribution in [3.63, 3.8) is 0 Å². The summed E-state index contributed by atoms with van der Waals surface area (Å²) in [6, 6.07) is 0. The summed E-state index contributed by atoms with van der Waals surface area (Å²) in [5.74, 6) is 1.22. The Balaban J connectivity index is 2.90. The van der Waals surface area contributed by atoms with E-state index in [1.807, 2.05) is 0 Å². The Bertz CT molecular complexity index is 160. The number of carbonyl (C=O) groups is 1. The fourth-order valence-corrected chi connectivity index (χ4v) is 2.53. The van der Waals surface area contributed by atoms with Crippen molar-refractivity contribution in [2.45, 2.75) is 64.7 Å². The molecule has 3 heteroatoms. The molecular formula is C13H26O2S. The van der Waals surface area contributed by atoms with E-state index in [0.29, 0.717) is 6.42 Å². The number of hydrogen-bond acceptors (Lipinski definition) is 2. The molecule has 0 radical (unpaired) electrons. The second-order valence-corrected chi connectivity index (χ2v) is 5.46. The van der Waals surface area contributed by atoms with Crippen LogP contribution in [0.25, 0.3) is 0 Å². The standard InChI is InChI=1S/C13H26O2S/c1-2-3-4-5-6-7-8-9-11-16-12-10-13(14)15/h2-12H2,1H3,(H,14,15). The first-order valence-corrected chi connectivity index (χ1v) is 7.72. The van der Waals surface area contributed by atoms with Crippen LogP contribution in [-0.4, -0.2) is 22.6 Å². The third kappa shape index (κ3) is 13.8. The Hall–Kier alpha value is -0.180. The zero-order valence-electron chi connectivity index (χ0n) is 10.5. The summed E-state index contributed by atoms with van der Waals surface area (Å²) in [4.78, 5) is 10.2. The van der Waals surface area contributed by atoms with Crippen molar-refractivity contribution in [1.82, 2.24) is 0 Å². The number of carboxylic acids is 1. The smallest absolute Gasteiger partial charge is 0.304 e. The molecule has 0 aliphatic heterocycles. The lowest BCUT2D eigenvalue weighted by Crippen LogP contribution is -1.96. The molecule has 0 amide bonds. The van der Waals surface area contributed by atoms with Crippen LogP contribution in [0.4, 0.5) is 0 Å². The molecule has 0 aromatic rings. The molecular weight excluding hydrogens is 220 g/mol. The van der Waals surface area contributed by atoms with Gasteiger partial charge in [0.2, 0.25) is 0 Å². The van der Waals surface area contributed by atoms with Crippen LogP contribution in [-0.2, 0) is 4.79 Å². The number of hydrogen-bond donors (Lipinski definition) is 1. The molecule has 0 atom stereocenters. The first-order chi connectivity index (χ1) is 7.77. The Morgan fingerprint density at radius 3 is 2.06 bits per heavy atom. The molecule has 0 heterocycles. The van der Waals surface area contributed by atoms with E-state index >= 15 is 0 Å². The van der Waals surface area contributed by atoms with Crippen molar-refractivity contribution in [1.29, 1.82) is 0 Å². The maximum absolute atomic E-state index is 10.2. The maximum Gasteiger partial charge on any atom is 0.304 e. The van der Waals surface area contributed by atoms with Crippen LogP contribution >= 0.6 is 11.8 Å². The predicted molar refractivity (Wildman–Crippen MR) is 72.2 cm³/mol. The molecule has 0 saturated heterocycles. The molecule has 0 aromatic carbocycles. The minimum atomic E-state index is -0.677. The molecule has 0 aromatic heterocycles. The van der Waals surface area contributed by atoms with Gasteiger partial charge in [0.05, 0.1) is 6.42 Å². The quantitative estimate of drug-likeness (QED) is 0.521. The Labute approximate surface area is 104 Å². The lowest BCUT2D eigenvalue weighted by Gasteiger charge is -2.01. The van der Waals surface area contributed by atoms with Crippen molar-refractivity contribution in [2.24, 2.45) is 0 Å². The van der Waals surface area contributed by atoms with Gasteiger partial charge in [0, 0.05) is 5.75 Å². The van der Waals surface area contributed by atoms with Gasteiger partial charge in [0.25, 0.3) is 0 Å². The highest BCUT2D eigenvalue weighted by Gasteiger charge is 1.96. The fraction of sp³-hybridized carbons (Fsp3) is 0.923. The molecule has 0 unspecified atom stereocenters. The van der Waals surface area contributed by atoms with Crippen molar-refractivity contribution < 1.29 is 9.90 Å². The third-order valence-corrected chi connectivity index (χ3v) is 3.67. The zero-order valence-corrected chi connectivity index (χ0v) is 11.4. The number of carboxylic acid groups (broad SMARTS) is 1. The Kier molecular flexibility index (Phi) is 12.7. The number of unbranched alkanes of at least 4 members (excludes halogenated alkanes) is 7. The molecule has 0 aliphatic carbocycles. The molecule has 1 N–H and O–H groups in total. The summed E-state index contributed by atoms with van der Waals surface area (Å²) in [7, 11) is 0. The van der Waals surface area contributed by atoms with E-state index in [2.05, 4.69) is 6.92 Å². The van der Waals surface area contributed by atoms with E-state index in [0.717, 1.165) is 11.5 Å². The average molecular weight is 246 g/mol. The van der Waals surface area contributed by atoms with Gasteiger partial charge in [-0.15, -0.1) is 0 Å². The van der Waals surface area contributed by atoms with E-state index in [4.69, 9.17) is 5.11 Å². The van der Waals surface area contributed by atoms with Crippen LogP contribution in [0.2, 0.25) is 0 Å². The molecule has 0 fully saturated rings. The fourth-order valence-electron chi connectivity index (χ4n) is 1.60. The van der Waals surface area contributed by atoms with Gasteiger partial charge in [0.1, 0.15) is 0 Å². The predicted octanol–water partition coefficient (Wildman–Crippen LogP) is 4.34. The summed E-state index contributed by atoms with van der Waals surface area (Å²) in [5, 5.41) is 8.44. The highest BCUT2D eigenvalue weighted by atomic mass is 32.2. The largest absolute Gasteiger partial charge is 0.481 e. The summed E-state index contributed by atoms with van der Waals surface area (Å²) < 4.78 is 0. The molecule has 0 aliphatic rings. The van der Waals surface area contributed by atoms with Gasteiger partial charge in [0.15, 0.2) is 0 Å². The molecule has 2 nitrogen and oxygen atoms in total. The van der Waals surface area contributed by atoms with Crippen molar-refractivity contribution in [2.75, 3.05) is 11.5 Å². The summed E-state index contributed by atoms with van der Waals surface area (Å²) >= 11 is 1.77. The first kappa shape index (κ1) is 15.8. The van der Waals surface area contributed by atoms with Crippen LogP contribution in [0.1, 0.15) is 64.7 Å². The van der Waals surface area contributed by atoms with Crippen molar-refractivity contribution in [3.8, 4) is 0 Å². The van der Waals surface area contributed by atoms with Gasteiger partial charge in [-0.2, -0.15) is 11.8 Å². The molecule has 0 rings (SSSR count). The lowest BCUT2D eigenvalue weighted by molar-refractivity contribution is -0.136. The summed E-state index contributed by atoms with van der Waals surface area (Å²) in [6.45, 7) is 2.24. The second kappa shape index (κ2) is 12.9. The minimum absolute atomic E-state index is 0.307. The average Bonchev–Trinajstić information content (AvgIpc) is 2.25. The number of aliphatic carboxylic acids is 1. The van der Waals surface area contributed by atoms with E-state index < -0.39 is 5.97 Å². The normalized spacial score (nSPS) is 10.6. The second-order valence-electron chi connectivity index (χ2n) is 4.23. The zero-order chi connectivity index (χ0) is 12.1. The van der Waals surface area contributed by atoms with Gasteiger partial charge in [-0.25, -0.2) is 0 Å². The van der Waals surface area contributed by atoms with E-state index in [-0.39, 0.29) is 0 Å². The summed E-state index contributed by atoms with van der Waals surface area (Å²) in [5.41, 5.74) is 0. The molecule has 0 saturated carbocycles. The number of rotatable bonds is 12. The Morgan fingerprint density at radius 2 is 1.50 bits per heavy atom. The van der Waals surface area contributed by atoms with E-state index in [9.17, 15) is 4.79 Å². The molecule has 96 valence electrons. The van der Waals surface area contributed by atoms with Crippen LogP contribution in [0.15, 0.2) is 0 Å².